The number of aryl methyl sites for hydroxylation is 1. The number of hydrogen-bond donors (Lipinski definition) is 2. The zero-order valence-electron chi connectivity index (χ0n) is 19.1. The molecule has 1 saturated carbocycles. The van der Waals surface area contributed by atoms with Crippen LogP contribution < -0.4 is 5.32 Å². The first-order chi connectivity index (χ1) is 16.5. The summed E-state index contributed by atoms with van der Waals surface area (Å²) in [7, 11) is 0. The Morgan fingerprint density at radius 1 is 1.24 bits per heavy atom. The van der Waals surface area contributed by atoms with E-state index >= 15 is 0 Å². The van der Waals surface area contributed by atoms with Crippen LogP contribution in [-0.2, 0) is 16.1 Å². The summed E-state index contributed by atoms with van der Waals surface area (Å²) >= 11 is 0. The maximum absolute atomic E-state index is 13.4. The van der Waals surface area contributed by atoms with Crippen molar-refractivity contribution in [2.75, 3.05) is 13.2 Å². The second-order valence-electron chi connectivity index (χ2n) is 8.39. The molecule has 0 unspecified atom stereocenters. The van der Waals surface area contributed by atoms with Crippen molar-refractivity contribution in [3.05, 3.63) is 48.0 Å². The molecule has 0 aliphatic heterocycles. The van der Waals surface area contributed by atoms with Gasteiger partial charge in [-0.1, -0.05) is 12.8 Å². The number of carbonyl (C=O) groups excluding carboxylic acids is 2. The zero-order valence-corrected chi connectivity index (χ0v) is 19.1. The van der Waals surface area contributed by atoms with Gasteiger partial charge in [-0.2, -0.15) is 4.80 Å². The second kappa shape index (κ2) is 11.0. The van der Waals surface area contributed by atoms with Crippen LogP contribution in [0.15, 0.2) is 41.1 Å². The number of carbonyl (C=O) groups is 2. The highest BCUT2D eigenvalue weighted by molar-refractivity contribution is 5.88. The van der Waals surface area contributed by atoms with Crippen molar-refractivity contribution in [1.82, 2.24) is 35.4 Å². The van der Waals surface area contributed by atoms with Gasteiger partial charge in [-0.25, -0.2) is 0 Å². The molecule has 180 valence electrons. The summed E-state index contributed by atoms with van der Waals surface area (Å²) in [6.45, 7) is 1.68. The largest absolute Gasteiger partial charge is 0.458 e. The molecule has 0 bridgehead atoms. The van der Waals surface area contributed by atoms with E-state index in [1.807, 2.05) is 6.92 Å². The van der Waals surface area contributed by atoms with E-state index in [1.54, 1.807) is 36.7 Å². The lowest BCUT2D eigenvalue weighted by atomic mass is 10.0. The predicted octanol–water partition coefficient (Wildman–Crippen LogP) is 1.65. The number of furan rings is 1. The van der Waals surface area contributed by atoms with Gasteiger partial charge in [0.1, 0.15) is 18.3 Å². The molecular formula is C23H29N7O4. The van der Waals surface area contributed by atoms with Gasteiger partial charge in [0.25, 0.3) is 0 Å². The van der Waals surface area contributed by atoms with Crippen LogP contribution in [0.1, 0.15) is 49.5 Å². The van der Waals surface area contributed by atoms with Gasteiger partial charge in [-0.15, -0.1) is 10.2 Å². The fourth-order valence-electron chi connectivity index (χ4n) is 4.18. The van der Waals surface area contributed by atoms with Gasteiger partial charge in [0.2, 0.25) is 17.6 Å². The van der Waals surface area contributed by atoms with Crippen LogP contribution >= 0.6 is 0 Å². The molecule has 0 spiro atoms. The molecule has 1 aliphatic rings. The summed E-state index contributed by atoms with van der Waals surface area (Å²) in [5, 5.41) is 24.7. The standard InChI is InChI=1S/C23H29N7O4/c1-16-7-8-19(34-16)22-26-28-30(27-22)15-20(32)29(13-4-14-31)21(17-9-11-24-12-10-17)23(33)25-18-5-2-3-6-18/h7-12,18,21,31H,2-6,13-15H2,1H3,(H,25,33)/t21-/m0/s1. The number of hydrogen-bond acceptors (Lipinski definition) is 8. The van der Waals surface area contributed by atoms with E-state index in [2.05, 4.69) is 25.7 Å². The number of amides is 2. The molecule has 2 amide bonds. The molecule has 4 rings (SSSR count). The summed E-state index contributed by atoms with van der Waals surface area (Å²) < 4.78 is 5.52. The third-order valence-electron chi connectivity index (χ3n) is 5.85. The number of nitrogens with one attached hydrogen (secondary N) is 1. The quantitative estimate of drug-likeness (QED) is 0.459. The fourth-order valence-corrected chi connectivity index (χ4v) is 4.18. The van der Waals surface area contributed by atoms with Crippen molar-refractivity contribution in [2.45, 2.75) is 57.7 Å². The smallest absolute Gasteiger partial charge is 0.247 e. The van der Waals surface area contributed by atoms with E-state index < -0.39 is 6.04 Å². The topological polar surface area (TPSA) is 139 Å². The highest BCUT2D eigenvalue weighted by Crippen LogP contribution is 2.25. The summed E-state index contributed by atoms with van der Waals surface area (Å²) in [4.78, 5) is 33.5. The Morgan fingerprint density at radius 2 is 2.00 bits per heavy atom. The fraction of sp³-hybridized carbons (Fsp3) is 0.478. The molecule has 0 aromatic carbocycles. The Morgan fingerprint density at radius 3 is 2.68 bits per heavy atom. The van der Waals surface area contributed by atoms with E-state index in [9.17, 15) is 14.7 Å². The third-order valence-corrected chi connectivity index (χ3v) is 5.85. The summed E-state index contributed by atoms with van der Waals surface area (Å²) in [6.07, 6.45) is 7.52. The number of aromatic nitrogens is 5. The van der Waals surface area contributed by atoms with Crippen molar-refractivity contribution in [2.24, 2.45) is 0 Å². The molecular weight excluding hydrogens is 438 g/mol. The summed E-state index contributed by atoms with van der Waals surface area (Å²) in [5.41, 5.74) is 0.648. The van der Waals surface area contributed by atoms with Gasteiger partial charge >= 0.3 is 0 Å². The van der Waals surface area contributed by atoms with Gasteiger partial charge in [-0.05, 0) is 61.2 Å². The van der Waals surface area contributed by atoms with Crippen LogP contribution in [0.5, 0.6) is 0 Å². The Balaban J connectivity index is 1.57. The van der Waals surface area contributed by atoms with E-state index in [4.69, 9.17) is 4.42 Å². The maximum Gasteiger partial charge on any atom is 0.247 e. The average molecular weight is 468 g/mol. The minimum absolute atomic E-state index is 0.0999. The first-order valence-corrected chi connectivity index (χ1v) is 11.5. The van der Waals surface area contributed by atoms with Crippen molar-refractivity contribution < 1.29 is 19.1 Å². The summed E-state index contributed by atoms with van der Waals surface area (Å²) in [5.74, 6) is 0.830. The molecule has 1 aliphatic carbocycles. The lowest BCUT2D eigenvalue weighted by Crippen LogP contribution is -2.47. The van der Waals surface area contributed by atoms with Gasteiger partial charge in [-0.3, -0.25) is 14.6 Å². The lowest BCUT2D eigenvalue weighted by molar-refractivity contribution is -0.142. The van der Waals surface area contributed by atoms with Crippen molar-refractivity contribution >= 4 is 11.8 Å². The average Bonchev–Trinajstić information content (AvgIpc) is 3.60. The van der Waals surface area contributed by atoms with Crippen LogP contribution in [0.4, 0.5) is 0 Å². The van der Waals surface area contributed by atoms with E-state index in [0.717, 1.165) is 25.7 Å². The SMILES string of the molecule is Cc1ccc(-c2nnn(CC(=O)N(CCCO)[C@H](C(=O)NC3CCCC3)c3ccncc3)n2)o1. The Hall–Kier alpha value is -3.60. The van der Waals surface area contributed by atoms with Crippen LogP contribution in [-0.4, -0.2) is 66.2 Å². The highest BCUT2D eigenvalue weighted by Gasteiger charge is 2.33. The maximum atomic E-state index is 13.4. The molecule has 11 heteroatoms. The Kier molecular flexibility index (Phi) is 7.63. The highest BCUT2D eigenvalue weighted by atomic mass is 16.3. The normalized spacial score (nSPS) is 14.8. The molecule has 1 fully saturated rings. The van der Waals surface area contributed by atoms with Crippen molar-refractivity contribution in [3.8, 4) is 11.6 Å². The number of tetrazole rings is 1. The molecule has 1 atom stereocenters. The number of aliphatic hydroxyl groups excluding tert-OH is 1. The van der Waals surface area contributed by atoms with Crippen LogP contribution in [0.3, 0.4) is 0 Å². The van der Waals surface area contributed by atoms with E-state index in [1.165, 1.54) is 9.70 Å². The first-order valence-electron chi connectivity index (χ1n) is 11.5. The number of aliphatic hydroxyl groups is 1. The van der Waals surface area contributed by atoms with Crippen LogP contribution in [0.25, 0.3) is 11.6 Å². The van der Waals surface area contributed by atoms with E-state index in [-0.39, 0.29) is 43.4 Å². The Labute approximate surface area is 197 Å². The summed E-state index contributed by atoms with van der Waals surface area (Å²) in [6, 6.07) is 6.21. The van der Waals surface area contributed by atoms with Gasteiger partial charge in [0, 0.05) is 31.6 Å². The lowest BCUT2D eigenvalue weighted by Gasteiger charge is -2.32. The van der Waals surface area contributed by atoms with Gasteiger partial charge in [0.05, 0.1) is 0 Å². The molecule has 34 heavy (non-hydrogen) atoms. The van der Waals surface area contributed by atoms with Crippen LogP contribution in [0.2, 0.25) is 0 Å². The predicted molar refractivity (Wildman–Crippen MR) is 121 cm³/mol. The molecule has 3 aromatic rings. The third kappa shape index (κ3) is 5.66. The Bertz CT molecular complexity index is 1090. The van der Waals surface area contributed by atoms with Crippen molar-refractivity contribution in [3.63, 3.8) is 0 Å². The zero-order chi connectivity index (χ0) is 23.9. The minimum atomic E-state index is -0.863. The molecule has 3 aromatic heterocycles. The van der Waals surface area contributed by atoms with Gasteiger partial charge in [0.15, 0.2) is 5.76 Å². The molecule has 0 radical (unpaired) electrons. The number of pyridine rings is 1. The molecule has 3 heterocycles. The number of nitrogens with zero attached hydrogens (tertiary/aromatic N) is 6. The van der Waals surface area contributed by atoms with E-state index in [0.29, 0.717) is 23.5 Å². The van der Waals surface area contributed by atoms with Crippen molar-refractivity contribution in [1.29, 1.82) is 0 Å². The minimum Gasteiger partial charge on any atom is -0.458 e. The van der Waals surface area contributed by atoms with Gasteiger partial charge < -0.3 is 19.7 Å². The monoisotopic (exact) mass is 467 g/mol. The number of rotatable bonds is 10. The second-order valence-corrected chi connectivity index (χ2v) is 8.39. The molecule has 11 nitrogen and oxygen atoms in total. The molecule has 2 N–H and O–H groups in total. The van der Waals surface area contributed by atoms with Crippen LogP contribution in [0, 0.1) is 6.92 Å². The first kappa shape index (κ1) is 23.6. The molecule has 0 saturated heterocycles.